The molecule has 1 aromatic rings. The fourth-order valence-corrected chi connectivity index (χ4v) is 1.96. The second-order valence-electron chi connectivity index (χ2n) is 3.95. The molecular weight excluding hydrogens is 206 g/mol. The molecule has 3 rings (SSSR count). The molecule has 1 aliphatic heterocycles. The van der Waals surface area contributed by atoms with Gasteiger partial charge in [0.05, 0.1) is 5.56 Å². The number of hydrogen-bond donors (Lipinski definition) is 2. The monoisotopic (exact) mass is 215 g/mol. The first-order valence-electron chi connectivity index (χ1n) is 5.04. The maximum Gasteiger partial charge on any atom is 0.191 e. The molecule has 16 heavy (non-hydrogen) atoms. The maximum atomic E-state index is 12.0. The third-order valence-corrected chi connectivity index (χ3v) is 2.87. The number of phenolic OH excluding ortho intramolecular Hbond substituents is 1. The van der Waals surface area contributed by atoms with Crippen molar-refractivity contribution in [3.63, 3.8) is 0 Å². The maximum absolute atomic E-state index is 12.0. The van der Waals surface area contributed by atoms with E-state index in [1.807, 2.05) is 0 Å². The van der Waals surface area contributed by atoms with Crippen molar-refractivity contribution in [3.05, 3.63) is 41.0 Å². The van der Waals surface area contributed by atoms with Gasteiger partial charge in [0.25, 0.3) is 0 Å². The lowest BCUT2D eigenvalue weighted by Gasteiger charge is -2.14. The highest BCUT2D eigenvalue weighted by Crippen LogP contribution is 2.30. The van der Waals surface area contributed by atoms with Crippen LogP contribution in [0.1, 0.15) is 20.7 Å². The van der Waals surface area contributed by atoms with E-state index >= 15 is 0 Å². The average Bonchev–Trinajstić information content (AvgIpc) is 3.07. The van der Waals surface area contributed by atoms with Gasteiger partial charge >= 0.3 is 0 Å². The molecule has 0 bridgehead atoms. The van der Waals surface area contributed by atoms with Crippen LogP contribution in [0, 0.1) is 0 Å². The Morgan fingerprint density at radius 1 is 1.31 bits per heavy atom. The first kappa shape index (κ1) is 9.30. The number of carbonyl (C=O) groups excluding carboxylic acids is 2. The summed E-state index contributed by atoms with van der Waals surface area (Å²) in [6.45, 7) is 0.735. The lowest BCUT2D eigenvalue weighted by atomic mass is 9.87. The molecule has 1 heterocycles. The van der Waals surface area contributed by atoms with Crippen LogP contribution in [0.5, 0.6) is 5.75 Å². The van der Waals surface area contributed by atoms with Crippen LogP contribution in [0.4, 0.5) is 0 Å². The van der Waals surface area contributed by atoms with E-state index in [4.69, 9.17) is 0 Å². The Balaban J connectivity index is 2.18. The minimum absolute atomic E-state index is 0.00643. The average molecular weight is 215 g/mol. The normalized spacial score (nSPS) is 22.8. The Hall–Kier alpha value is -1.94. The van der Waals surface area contributed by atoms with Crippen molar-refractivity contribution in [1.29, 1.82) is 0 Å². The highest BCUT2D eigenvalue weighted by atomic mass is 16.3. The van der Waals surface area contributed by atoms with Crippen LogP contribution < -0.4 is 5.32 Å². The molecule has 1 saturated heterocycles. The number of rotatable bonds is 1. The second-order valence-corrected chi connectivity index (χ2v) is 3.95. The van der Waals surface area contributed by atoms with Gasteiger partial charge in [0.1, 0.15) is 5.75 Å². The third kappa shape index (κ3) is 1.20. The van der Waals surface area contributed by atoms with Crippen molar-refractivity contribution in [3.8, 4) is 5.75 Å². The van der Waals surface area contributed by atoms with E-state index in [0.29, 0.717) is 11.1 Å². The summed E-state index contributed by atoms with van der Waals surface area (Å²) >= 11 is 0. The number of hydrogen-bond acceptors (Lipinski definition) is 4. The number of ketones is 2. The van der Waals surface area contributed by atoms with Crippen LogP contribution >= 0.6 is 0 Å². The van der Waals surface area contributed by atoms with E-state index < -0.39 is 0 Å². The molecule has 1 aromatic carbocycles. The van der Waals surface area contributed by atoms with E-state index in [1.54, 1.807) is 12.1 Å². The van der Waals surface area contributed by atoms with E-state index in [-0.39, 0.29) is 28.9 Å². The van der Waals surface area contributed by atoms with Crippen LogP contribution in [-0.2, 0) is 0 Å². The third-order valence-electron chi connectivity index (χ3n) is 2.87. The van der Waals surface area contributed by atoms with Crippen LogP contribution in [0.15, 0.2) is 29.8 Å². The summed E-state index contributed by atoms with van der Waals surface area (Å²) in [5.41, 5.74) is 0.927. The molecule has 1 fully saturated rings. The Morgan fingerprint density at radius 3 is 2.75 bits per heavy atom. The zero-order valence-electron chi connectivity index (χ0n) is 8.36. The number of Topliss-reactive ketones (excluding diaryl/α,β-unsaturated/α-hetero) is 1. The van der Waals surface area contributed by atoms with Gasteiger partial charge in [0.2, 0.25) is 0 Å². The predicted molar refractivity (Wildman–Crippen MR) is 56.6 cm³/mol. The Bertz CT molecular complexity index is 541. The van der Waals surface area contributed by atoms with Crippen LogP contribution in [0.3, 0.4) is 0 Å². The van der Waals surface area contributed by atoms with Gasteiger partial charge in [-0.15, -0.1) is 0 Å². The Kier molecular flexibility index (Phi) is 1.76. The lowest BCUT2D eigenvalue weighted by molar-refractivity contribution is 0.0980. The van der Waals surface area contributed by atoms with E-state index in [0.717, 1.165) is 6.54 Å². The molecule has 1 aliphatic carbocycles. The standard InChI is InChI=1S/C12H9NO3/c14-9-3-1-2-6-11(9)10(15)4-7(12(6)16)8-5-13-8/h1-4,8,13-14H,5H2. The van der Waals surface area contributed by atoms with Crippen LogP contribution in [-0.4, -0.2) is 29.3 Å². The van der Waals surface area contributed by atoms with Crippen molar-refractivity contribution in [2.75, 3.05) is 6.54 Å². The molecule has 0 spiro atoms. The van der Waals surface area contributed by atoms with E-state index in [2.05, 4.69) is 5.32 Å². The molecule has 2 N–H and O–H groups in total. The van der Waals surface area contributed by atoms with E-state index in [1.165, 1.54) is 12.1 Å². The highest BCUT2D eigenvalue weighted by Gasteiger charge is 2.36. The van der Waals surface area contributed by atoms with Gasteiger partial charge in [0, 0.05) is 23.7 Å². The van der Waals surface area contributed by atoms with Gasteiger partial charge in [-0.05, 0) is 12.1 Å². The van der Waals surface area contributed by atoms with Gasteiger partial charge in [-0.2, -0.15) is 0 Å². The fourth-order valence-electron chi connectivity index (χ4n) is 1.96. The second kappa shape index (κ2) is 3.02. The number of carbonyl (C=O) groups is 2. The largest absolute Gasteiger partial charge is 0.507 e. The number of aromatic hydroxyl groups is 1. The quantitative estimate of drug-likeness (QED) is 0.675. The minimum Gasteiger partial charge on any atom is -0.507 e. The van der Waals surface area contributed by atoms with E-state index in [9.17, 15) is 14.7 Å². The number of benzene rings is 1. The van der Waals surface area contributed by atoms with Crippen LogP contribution in [0.25, 0.3) is 0 Å². The predicted octanol–water partition coefficient (Wildman–Crippen LogP) is 0.669. The molecule has 4 heteroatoms. The number of phenols is 1. The van der Waals surface area contributed by atoms with Gasteiger partial charge in [0.15, 0.2) is 11.6 Å². The number of nitrogens with one attached hydrogen (secondary N) is 1. The minimum atomic E-state index is -0.295. The van der Waals surface area contributed by atoms with Gasteiger partial charge in [-0.25, -0.2) is 0 Å². The van der Waals surface area contributed by atoms with Gasteiger partial charge in [-0.1, -0.05) is 12.1 Å². The highest BCUT2D eigenvalue weighted by molar-refractivity contribution is 6.26. The molecule has 1 atom stereocenters. The topological polar surface area (TPSA) is 76.3 Å². The molecule has 0 radical (unpaired) electrons. The first-order valence-corrected chi connectivity index (χ1v) is 5.04. The van der Waals surface area contributed by atoms with Gasteiger partial charge in [-0.3, -0.25) is 9.59 Å². The lowest BCUT2D eigenvalue weighted by Crippen LogP contribution is -2.20. The summed E-state index contributed by atoms with van der Waals surface area (Å²) in [6, 6.07) is 4.57. The summed E-state index contributed by atoms with van der Waals surface area (Å²) in [4.78, 5) is 23.8. The zero-order valence-corrected chi connectivity index (χ0v) is 8.36. The summed E-state index contributed by atoms with van der Waals surface area (Å²) in [5.74, 6) is -0.591. The van der Waals surface area contributed by atoms with Crippen molar-refractivity contribution in [2.45, 2.75) is 6.04 Å². The molecule has 1 unspecified atom stereocenters. The summed E-state index contributed by atoms with van der Waals surface area (Å²) in [5, 5.41) is 12.6. The molecule has 80 valence electrons. The van der Waals surface area contributed by atoms with Crippen LogP contribution in [0.2, 0.25) is 0 Å². The Morgan fingerprint density at radius 2 is 2.06 bits per heavy atom. The van der Waals surface area contributed by atoms with Gasteiger partial charge < -0.3 is 10.4 Å². The summed E-state index contributed by atoms with van der Waals surface area (Å²) < 4.78 is 0. The molecule has 0 aromatic heterocycles. The SMILES string of the molecule is O=C1C(C2CN2)=CC(=O)c2c(O)cccc21. The van der Waals surface area contributed by atoms with Crippen molar-refractivity contribution in [2.24, 2.45) is 0 Å². The van der Waals surface area contributed by atoms with Crippen molar-refractivity contribution >= 4 is 11.6 Å². The fraction of sp³-hybridized carbons (Fsp3) is 0.167. The zero-order chi connectivity index (χ0) is 11.3. The first-order chi connectivity index (χ1) is 7.68. The molecule has 2 aliphatic rings. The summed E-state index contributed by atoms with van der Waals surface area (Å²) in [7, 11) is 0. The molecule has 0 saturated carbocycles. The summed E-state index contributed by atoms with van der Waals surface area (Å²) in [6.07, 6.45) is 1.33. The molecule has 0 amide bonds. The van der Waals surface area contributed by atoms with Crippen molar-refractivity contribution < 1.29 is 14.7 Å². The number of fused-ring (bicyclic) bond motifs is 1. The Labute approximate surface area is 91.6 Å². The smallest absolute Gasteiger partial charge is 0.191 e. The van der Waals surface area contributed by atoms with Crippen molar-refractivity contribution in [1.82, 2.24) is 5.32 Å². The number of allylic oxidation sites excluding steroid dienone is 1. The molecule has 4 nitrogen and oxygen atoms in total. The molecular formula is C12H9NO3.